The van der Waals surface area contributed by atoms with E-state index >= 15 is 0 Å². The summed E-state index contributed by atoms with van der Waals surface area (Å²) in [6, 6.07) is 0. The van der Waals surface area contributed by atoms with Crippen LogP contribution >= 0.6 is 23.5 Å². The second-order valence-corrected chi connectivity index (χ2v) is 5.87. The summed E-state index contributed by atoms with van der Waals surface area (Å²) in [6.45, 7) is 4.23. The zero-order chi connectivity index (χ0) is 9.42. The number of fused-ring (bicyclic) bond motifs is 1. The summed E-state index contributed by atoms with van der Waals surface area (Å²) in [6.07, 6.45) is 2.99. The van der Waals surface area contributed by atoms with Crippen LogP contribution < -0.4 is 0 Å². The zero-order valence-electron chi connectivity index (χ0n) is 7.82. The molecule has 2 rings (SSSR count). The lowest BCUT2D eigenvalue weighted by Gasteiger charge is -2.40. The van der Waals surface area contributed by atoms with Crippen molar-refractivity contribution >= 4 is 29.4 Å². The highest BCUT2D eigenvalue weighted by atomic mass is 32.2. The van der Waals surface area contributed by atoms with Gasteiger partial charge in [0.15, 0.2) is 0 Å². The van der Waals surface area contributed by atoms with Crippen molar-refractivity contribution in [3.63, 3.8) is 0 Å². The predicted molar refractivity (Wildman–Crippen MR) is 58.2 cm³/mol. The molecule has 0 aromatic carbocycles. The highest BCUT2D eigenvalue weighted by Crippen LogP contribution is 2.49. The Morgan fingerprint density at radius 3 is 3.00 bits per heavy atom. The highest BCUT2D eigenvalue weighted by Gasteiger charge is 2.49. The van der Waals surface area contributed by atoms with Gasteiger partial charge in [-0.2, -0.15) is 0 Å². The van der Waals surface area contributed by atoms with E-state index in [2.05, 4.69) is 13.8 Å². The Morgan fingerprint density at radius 1 is 1.62 bits per heavy atom. The summed E-state index contributed by atoms with van der Waals surface area (Å²) in [4.78, 5) is 13.4. The van der Waals surface area contributed by atoms with Crippen LogP contribution in [0.5, 0.6) is 0 Å². The average molecular weight is 215 g/mol. The molecule has 1 saturated heterocycles. The summed E-state index contributed by atoms with van der Waals surface area (Å²) >= 11 is 3.68. The number of β-lactam (4-membered cyclic amide) rings is 1. The number of carbonyl (C=O) groups excluding carboxylic acids is 1. The third-order valence-electron chi connectivity index (χ3n) is 2.40. The smallest absolute Gasteiger partial charge is 0.233 e. The number of nitrogens with zero attached hydrogens (tertiary/aromatic N) is 1. The van der Waals surface area contributed by atoms with Crippen molar-refractivity contribution in [1.29, 1.82) is 0 Å². The summed E-state index contributed by atoms with van der Waals surface area (Å²) in [7, 11) is 0. The van der Waals surface area contributed by atoms with Crippen molar-refractivity contribution in [1.82, 2.24) is 4.90 Å². The Kier molecular flexibility index (Phi) is 2.60. The van der Waals surface area contributed by atoms with Crippen molar-refractivity contribution in [2.24, 2.45) is 5.92 Å². The van der Waals surface area contributed by atoms with Crippen molar-refractivity contribution in [3.8, 4) is 0 Å². The van der Waals surface area contributed by atoms with Crippen molar-refractivity contribution in [2.75, 3.05) is 5.75 Å². The minimum absolute atomic E-state index is 0.274. The first-order chi connectivity index (χ1) is 6.27. The van der Waals surface area contributed by atoms with Gasteiger partial charge in [-0.1, -0.05) is 25.6 Å². The molecule has 4 heteroatoms. The first kappa shape index (κ1) is 9.46. The van der Waals surface area contributed by atoms with Gasteiger partial charge in [0.2, 0.25) is 5.91 Å². The third-order valence-corrected chi connectivity index (χ3v) is 4.85. The molecule has 0 aromatic rings. The lowest BCUT2D eigenvalue weighted by molar-refractivity contribution is -0.145. The van der Waals surface area contributed by atoms with E-state index in [1.54, 1.807) is 0 Å². The SMILES string of the molecule is CCSC1=CN2C(=O)C(CC)C2S1. The summed E-state index contributed by atoms with van der Waals surface area (Å²) in [5.41, 5.74) is 0. The molecule has 2 nitrogen and oxygen atoms in total. The first-order valence-electron chi connectivity index (χ1n) is 4.61. The van der Waals surface area contributed by atoms with Crippen molar-refractivity contribution in [2.45, 2.75) is 25.6 Å². The number of hydrogen-bond acceptors (Lipinski definition) is 3. The van der Waals surface area contributed by atoms with Gasteiger partial charge in [0.25, 0.3) is 0 Å². The Bertz CT molecular complexity index is 264. The zero-order valence-corrected chi connectivity index (χ0v) is 9.45. The van der Waals surface area contributed by atoms with Crippen molar-refractivity contribution in [3.05, 3.63) is 10.4 Å². The van der Waals surface area contributed by atoms with Crippen LogP contribution in [0.4, 0.5) is 0 Å². The van der Waals surface area contributed by atoms with Crippen LogP contribution in [0.3, 0.4) is 0 Å². The molecule has 0 aliphatic carbocycles. The standard InChI is InChI=1S/C9H13NOS2/c1-3-6-8(11)10-5-7(12-4-2)13-9(6)10/h5-6,9H,3-4H2,1-2H3. The normalized spacial score (nSPS) is 31.4. The number of amides is 1. The Labute approximate surface area is 87.1 Å². The molecule has 0 N–H and O–H groups in total. The first-order valence-corrected chi connectivity index (χ1v) is 6.48. The molecule has 2 aliphatic rings. The van der Waals surface area contributed by atoms with E-state index in [0.717, 1.165) is 12.2 Å². The van der Waals surface area contributed by atoms with E-state index in [1.807, 2.05) is 34.6 Å². The minimum Gasteiger partial charge on any atom is -0.303 e. The lowest BCUT2D eigenvalue weighted by Crippen LogP contribution is -2.54. The van der Waals surface area contributed by atoms with E-state index in [-0.39, 0.29) is 5.92 Å². The Balaban J connectivity index is 2.01. The number of rotatable bonds is 3. The summed E-state index contributed by atoms with van der Waals surface area (Å²) < 4.78 is 1.30. The van der Waals surface area contributed by atoms with Gasteiger partial charge in [0.1, 0.15) is 0 Å². The molecule has 0 saturated carbocycles. The quantitative estimate of drug-likeness (QED) is 0.675. The van der Waals surface area contributed by atoms with E-state index in [9.17, 15) is 4.79 Å². The maximum atomic E-state index is 11.5. The second kappa shape index (κ2) is 3.58. The molecular formula is C9H13NOS2. The van der Waals surface area contributed by atoms with Crippen LogP contribution in [-0.2, 0) is 4.79 Å². The average Bonchev–Trinajstić information content (AvgIpc) is 2.47. The monoisotopic (exact) mass is 215 g/mol. The van der Waals surface area contributed by atoms with Crippen LogP contribution in [0.2, 0.25) is 0 Å². The minimum atomic E-state index is 0.274. The van der Waals surface area contributed by atoms with Crippen LogP contribution in [0.1, 0.15) is 20.3 Å². The molecule has 0 bridgehead atoms. The van der Waals surface area contributed by atoms with Gasteiger partial charge in [-0.25, -0.2) is 0 Å². The molecule has 2 unspecified atom stereocenters. The topological polar surface area (TPSA) is 20.3 Å². The van der Waals surface area contributed by atoms with Crippen LogP contribution in [0.15, 0.2) is 10.4 Å². The van der Waals surface area contributed by atoms with Gasteiger partial charge in [0.05, 0.1) is 15.5 Å². The van der Waals surface area contributed by atoms with Crippen LogP contribution in [0.25, 0.3) is 0 Å². The lowest BCUT2D eigenvalue weighted by atomic mass is 9.96. The van der Waals surface area contributed by atoms with Gasteiger partial charge < -0.3 is 4.90 Å². The third kappa shape index (κ3) is 1.40. The fourth-order valence-electron chi connectivity index (χ4n) is 1.68. The molecule has 0 aromatic heterocycles. The predicted octanol–water partition coefficient (Wildman–Crippen LogP) is 2.48. The molecule has 2 heterocycles. The van der Waals surface area contributed by atoms with Gasteiger partial charge in [-0.15, -0.1) is 11.8 Å². The van der Waals surface area contributed by atoms with Gasteiger partial charge in [-0.05, 0) is 12.2 Å². The fraction of sp³-hybridized carbons (Fsp3) is 0.667. The fourth-order valence-corrected chi connectivity index (χ4v) is 4.24. The number of hydrogen-bond donors (Lipinski definition) is 0. The molecule has 1 amide bonds. The van der Waals surface area contributed by atoms with E-state index < -0.39 is 0 Å². The Morgan fingerprint density at radius 2 is 2.38 bits per heavy atom. The number of carbonyl (C=O) groups is 1. The van der Waals surface area contributed by atoms with Gasteiger partial charge >= 0.3 is 0 Å². The largest absolute Gasteiger partial charge is 0.303 e. The van der Waals surface area contributed by atoms with Gasteiger partial charge in [0, 0.05) is 6.20 Å². The van der Waals surface area contributed by atoms with Crippen LogP contribution in [0, 0.1) is 5.92 Å². The van der Waals surface area contributed by atoms with Crippen LogP contribution in [-0.4, -0.2) is 21.9 Å². The van der Waals surface area contributed by atoms with Crippen molar-refractivity contribution < 1.29 is 4.79 Å². The molecule has 13 heavy (non-hydrogen) atoms. The van der Waals surface area contributed by atoms with Gasteiger partial charge in [-0.3, -0.25) is 4.79 Å². The second-order valence-electron chi connectivity index (χ2n) is 3.15. The molecular weight excluding hydrogens is 202 g/mol. The maximum Gasteiger partial charge on any atom is 0.233 e. The molecule has 0 spiro atoms. The molecule has 72 valence electrons. The molecule has 1 fully saturated rings. The summed E-state index contributed by atoms with van der Waals surface area (Å²) in [5.74, 6) is 1.67. The molecule has 2 atom stereocenters. The van der Waals surface area contributed by atoms with E-state index in [4.69, 9.17) is 0 Å². The number of thioether (sulfide) groups is 2. The highest BCUT2D eigenvalue weighted by molar-refractivity contribution is 8.22. The maximum absolute atomic E-state index is 11.5. The molecule has 0 radical (unpaired) electrons. The van der Waals surface area contributed by atoms with E-state index in [0.29, 0.717) is 11.3 Å². The summed E-state index contributed by atoms with van der Waals surface area (Å²) in [5, 5.41) is 0.423. The van der Waals surface area contributed by atoms with E-state index in [1.165, 1.54) is 4.24 Å². The molecule has 2 aliphatic heterocycles. The Hall–Kier alpha value is -0.0900.